The quantitative estimate of drug-likeness (QED) is 0.805. The lowest BCUT2D eigenvalue weighted by atomic mass is 10.3. The van der Waals surface area contributed by atoms with Gasteiger partial charge in [0.25, 0.3) is 10.0 Å². The summed E-state index contributed by atoms with van der Waals surface area (Å²) < 4.78 is 29.7. The highest BCUT2D eigenvalue weighted by Gasteiger charge is 2.32. The van der Waals surface area contributed by atoms with E-state index in [1.165, 1.54) is 0 Å². The fraction of sp³-hybridized carbons (Fsp3) is 0.188. The molecule has 1 N–H and O–H groups in total. The van der Waals surface area contributed by atoms with Crippen molar-refractivity contribution in [1.29, 1.82) is 0 Å². The number of rotatable bonds is 4. The van der Waals surface area contributed by atoms with E-state index in [0.29, 0.717) is 11.7 Å². The molecular formula is C16H15N3O2S. The molecule has 0 saturated heterocycles. The van der Waals surface area contributed by atoms with Crippen LogP contribution in [0.5, 0.6) is 0 Å². The summed E-state index contributed by atoms with van der Waals surface area (Å²) in [5.41, 5.74) is 1.71. The van der Waals surface area contributed by atoms with Crippen molar-refractivity contribution in [1.82, 2.24) is 9.38 Å². The van der Waals surface area contributed by atoms with Crippen LogP contribution in [0.25, 0.3) is 5.65 Å². The first-order valence-electron chi connectivity index (χ1n) is 7.20. The summed E-state index contributed by atoms with van der Waals surface area (Å²) in [6.45, 7) is 0. The lowest BCUT2D eigenvalue weighted by Gasteiger charge is -2.07. The second-order valence-corrected chi connectivity index (χ2v) is 7.15. The van der Waals surface area contributed by atoms with Crippen molar-refractivity contribution in [2.24, 2.45) is 0 Å². The predicted molar refractivity (Wildman–Crippen MR) is 84.4 cm³/mol. The van der Waals surface area contributed by atoms with Crippen LogP contribution in [0.2, 0.25) is 0 Å². The Morgan fingerprint density at radius 3 is 2.50 bits per heavy atom. The molecule has 4 rings (SSSR count). The average molecular weight is 313 g/mol. The smallest absolute Gasteiger partial charge is 0.263 e. The predicted octanol–water partition coefficient (Wildman–Crippen LogP) is 3.01. The Kier molecular flexibility index (Phi) is 2.94. The highest BCUT2D eigenvalue weighted by atomic mass is 32.2. The number of hydrogen-bond donors (Lipinski definition) is 1. The molecule has 3 aromatic rings. The van der Waals surface area contributed by atoms with E-state index in [9.17, 15) is 8.42 Å². The molecule has 22 heavy (non-hydrogen) atoms. The van der Waals surface area contributed by atoms with Gasteiger partial charge in [0.1, 0.15) is 5.65 Å². The van der Waals surface area contributed by atoms with Crippen molar-refractivity contribution in [2.75, 3.05) is 4.72 Å². The van der Waals surface area contributed by atoms with Crippen LogP contribution < -0.4 is 4.72 Å². The van der Waals surface area contributed by atoms with Crippen molar-refractivity contribution in [3.63, 3.8) is 0 Å². The molecule has 0 amide bonds. The lowest BCUT2D eigenvalue weighted by molar-refractivity contribution is 0.601. The van der Waals surface area contributed by atoms with Gasteiger partial charge in [-0.1, -0.05) is 24.3 Å². The van der Waals surface area contributed by atoms with E-state index in [4.69, 9.17) is 0 Å². The minimum Gasteiger partial charge on any atom is -0.302 e. The zero-order chi connectivity index (χ0) is 15.2. The van der Waals surface area contributed by atoms with Crippen LogP contribution in [0, 0.1) is 0 Å². The monoisotopic (exact) mass is 313 g/mol. The fourth-order valence-corrected chi connectivity index (χ4v) is 3.66. The third-order valence-electron chi connectivity index (χ3n) is 3.82. The van der Waals surface area contributed by atoms with Gasteiger partial charge in [-0.25, -0.2) is 13.4 Å². The van der Waals surface area contributed by atoms with Gasteiger partial charge in [0.2, 0.25) is 0 Å². The van der Waals surface area contributed by atoms with E-state index in [-0.39, 0.29) is 4.90 Å². The maximum Gasteiger partial charge on any atom is 0.263 e. The number of anilines is 1. The van der Waals surface area contributed by atoms with Gasteiger partial charge in [-0.3, -0.25) is 4.72 Å². The fourth-order valence-electron chi connectivity index (χ4n) is 2.62. The maximum absolute atomic E-state index is 12.5. The molecule has 2 aromatic heterocycles. The van der Waals surface area contributed by atoms with E-state index in [1.807, 2.05) is 28.8 Å². The van der Waals surface area contributed by atoms with Gasteiger partial charge >= 0.3 is 0 Å². The zero-order valence-corrected chi connectivity index (χ0v) is 12.6. The van der Waals surface area contributed by atoms with Gasteiger partial charge in [-0.05, 0) is 37.1 Å². The summed E-state index contributed by atoms with van der Waals surface area (Å²) in [6.07, 6.45) is 4.07. The van der Waals surface area contributed by atoms with Crippen molar-refractivity contribution >= 4 is 21.5 Å². The van der Waals surface area contributed by atoms with Crippen LogP contribution in [0.1, 0.15) is 24.5 Å². The Balaban J connectivity index is 1.80. The number of fused-ring (bicyclic) bond motifs is 1. The van der Waals surface area contributed by atoms with Crippen molar-refractivity contribution in [3.05, 3.63) is 60.4 Å². The third kappa shape index (κ3) is 2.25. The summed E-state index contributed by atoms with van der Waals surface area (Å²) in [5, 5.41) is 0. The van der Waals surface area contributed by atoms with Gasteiger partial charge in [-0.2, -0.15) is 0 Å². The molecule has 0 bridgehead atoms. The Labute approximate surface area is 128 Å². The first kappa shape index (κ1) is 13.3. The minimum absolute atomic E-state index is 0.244. The number of hydrogen-bond acceptors (Lipinski definition) is 3. The molecule has 2 heterocycles. The van der Waals surface area contributed by atoms with Crippen LogP contribution in [0.3, 0.4) is 0 Å². The standard InChI is InChI=1S/C16H15N3O2S/c20-22(21,13-6-2-1-3-7-13)18-16-15(12-9-10-12)19-11-5-4-8-14(19)17-16/h1-8,11-12,18H,9-10H2. The minimum atomic E-state index is -3.62. The molecule has 0 atom stereocenters. The SMILES string of the molecule is O=S(=O)(Nc1nc2ccccn2c1C1CC1)c1ccccc1. The normalized spacial score (nSPS) is 15.1. The number of sulfonamides is 1. The van der Waals surface area contributed by atoms with Gasteiger partial charge in [0.15, 0.2) is 5.82 Å². The molecule has 6 heteroatoms. The van der Waals surface area contributed by atoms with Gasteiger partial charge < -0.3 is 4.40 Å². The molecule has 1 aliphatic rings. The van der Waals surface area contributed by atoms with Gasteiger partial charge in [-0.15, -0.1) is 0 Å². The van der Waals surface area contributed by atoms with E-state index < -0.39 is 10.0 Å². The van der Waals surface area contributed by atoms with Gasteiger partial charge in [0.05, 0.1) is 10.6 Å². The molecule has 112 valence electrons. The third-order valence-corrected chi connectivity index (χ3v) is 5.17. The lowest BCUT2D eigenvalue weighted by Crippen LogP contribution is -2.14. The molecule has 0 unspecified atom stereocenters. The topological polar surface area (TPSA) is 63.5 Å². The molecule has 0 radical (unpaired) electrons. The maximum atomic E-state index is 12.5. The number of benzene rings is 1. The van der Waals surface area contributed by atoms with E-state index in [1.54, 1.807) is 30.3 Å². The largest absolute Gasteiger partial charge is 0.302 e. The van der Waals surface area contributed by atoms with Crippen LogP contribution in [-0.2, 0) is 10.0 Å². The molecule has 1 saturated carbocycles. The van der Waals surface area contributed by atoms with E-state index in [2.05, 4.69) is 9.71 Å². The van der Waals surface area contributed by atoms with E-state index >= 15 is 0 Å². The van der Waals surface area contributed by atoms with Crippen LogP contribution in [0.15, 0.2) is 59.6 Å². The number of aromatic nitrogens is 2. The summed E-state index contributed by atoms with van der Waals surface area (Å²) in [4.78, 5) is 4.70. The highest BCUT2D eigenvalue weighted by molar-refractivity contribution is 7.92. The molecule has 1 aliphatic carbocycles. The number of nitrogens with zero attached hydrogens (tertiary/aromatic N) is 2. The molecule has 1 fully saturated rings. The van der Waals surface area contributed by atoms with Crippen molar-refractivity contribution < 1.29 is 8.42 Å². The molecule has 0 aliphatic heterocycles. The summed E-state index contributed by atoms with van der Waals surface area (Å²) in [7, 11) is -3.62. The molecule has 0 spiro atoms. The second-order valence-electron chi connectivity index (χ2n) is 5.47. The first-order chi connectivity index (χ1) is 10.6. The summed E-state index contributed by atoms with van der Waals surface area (Å²) in [5.74, 6) is 0.823. The Hall–Kier alpha value is -2.34. The van der Waals surface area contributed by atoms with Crippen LogP contribution in [-0.4, -0.2) is 17.8 Å². The number of nitrogens with one attached hydrogen (secondary N) is 1. The van der Waals surface area contributed by atoms with E-state index in [0.717, 1.165) is 24.2 Å². The second kappa shape index (κ2) is 4.84. The molecule has 5 nitrogen and oxygen atoms in total. The number of imidazole rings is 1. The van der Waals surface area contributed by atoms with Gasteiger partial charge in [0, 0.05) is 12.1 Å². The first-order valence-corrected chi connectivity index (χ1v) is 8.68. The average Bonchev–Trinajstić information content (AvgIpc) is 3.29. The highest BCUT2D eigenvalue weighted by Crippen LogP contribution is 2.43. The Morgan fingerprint density at radius 2 is 1.77 bits per heavy atom. The summed E-state index contributed by atoms with van der Waals surface area (Å²) in [6, 6.07) is 14.1. The van der Waals surface area contributed by atoms with Crippen LogP contribution >= 0.6 is 0 Å². The Bertz CT molecular complexity index is 928. The van der Waals surface area contributed by atoms with Crippen molar-refractivity contribution in [2.45, 2.75) is 23.7 Å². The van der Waals surface area contributed by atoms with Crippen molar-refractivity contribution in [3.8, 4) is 0 Å². The molecule has 1 aromatic carbocycles. The zero-order valence-electron chi connectivity index (χ0n) is 11.8. The Morgan fingerprint density at radius 1 is 1.05 bits per heavy atom. The molecular weight excluding hydrogens is 298 g/mol. The number of pyridine rings is 1. The summed E-state index contributed by atoms with van der Waals surface area (Å²) >= 11 is 0. The van der Waals surface area contributed by atoms with Crippen LogP contribution in [0.4, 0.5) is 5.82 Å².